The molecule has 4 rings (SSSR count). The molecule has 9 nitrogen and oxygen atoms in total. The summed E-state index contributed by atoms with van der Waals surface area (Å²) in [5, 5.41) is 11.3. The molecule has 0 aliphatic rings. The van der Waals surface area contributed by atoms with E-state index in [1.54, 1.807) is 41.8 Å². The molecule has 0 aliphatic heterocycles. The molecule has 1 atom stereocenters. The molecule has 0 saturated carbocycles. The van der Waals surface area contributed by atoms with E-state index in [2.05, 4.69) is 15.6 Å². The van der Waals surface area contributed by atoms with Crippen LogP contribution in [-0.4, -0.2) is 51.5 Å². The van der Waals surface area contributed by atoms with Crippen LogP contribution in [0.2, 0.25) is 0 Å². The number of aromatic nitrogens is 3. The van der Waals surface area contributed by atoms with E-state index in [0.717, 1.165) is 11.1 Å². The largest absolute Gasteiger partial charge is 0.497 e. The highest BCUT2D eigenvalue weighted by molar-refractivity contribution is 6.01. The van der Waals surface area contributed by atoms with Gasteiger partial charge in [-0.3, -0.25) is 9.59 Å². The Morgan fingerprint density at radius 1 is 1.00 bits per heavy atom. The number of carbonyl (C=O) groups is 2. The molecule has 3 aromatic carbocycles. The van der Waals surface area contributed by atoms with E-state index in [0.29, 0.717) is 29.1 Å². The number of rotatable bonds is 10. The average molecular weight is 502 g/mol. The lowest BCUT2D eigenvalue weighted by atomic mass is 9.93. The van der Waals surface area contributed by atoms with Crippen molar-refractivity contribution in [1.82, 2.24) is 19.9 Å². The Balaban J connectivity index is 1.67. The minimum Gasteiger partial charge on any atom is -0.497 e. The third-order valence-electron chi connectivity index (χ3n) is 6.62. The SMILES string of the molecule is CCC(C)(C(=O)Nc1ccc(OC)cc1OC)N(Cc1ccccc1)C(=O)Cn1nnc2ccccc21. The first-order valence-electron chi connectivity index (χ1n) is 12.1. The van der Waals surface area contributed by atoms with Gasteiger partial charge in [-0.25, -0.2) is 4.68 Å². The molecule has 37 heavy (non-hydrogen) atoms. The number of nitrogens with zero attached hydrogens (tertiary/aromatic N) is 4. The minimum atomic E-state index is -1.17. The fourth-order valence-corrected chi connectivity index (χ4v) is 4.18. The molecule has 2 amide bonds. The molecule has 0 aliphatic carbocycles. The van der Waals surface area contributed by atoms with Crippen LogP contribution in [0.1, 0.15) is 25.8 Å². The number of anilines is 1. The first kappa shape index (κ1) is 25.7. The van der Waals surface area contributed by atoms with Gasteiger partial charge in [-0.15, -0.1) is 5.10 Å². The van der Waals surface area contributed by atoms with E-state index in [9.17, 15) is 9.59 Å². The number of fused-ring (bicyclic) bond motifs is 1. The van der Waals surface area contributed by atoms with Gasteiger partial charge in [0, 0.05) is 12.6 Å². The summed E-state index contributed by atoms with van der Waals surface area (Å²) < 4.78 is 12.3. The number of para-hydroxylation sites is 1. The molecule has 1 N–H and O–H groups in total. The van der Waals surface area contributed by atoms with Crippen LogP contribution in [0.4, 0.5) is 5.69 Å². The molecule has 0 fully saturated rings. The molecule has 9 heteroatoms. The van der Waals surface area contributed by atoms with Crippen molar-refractivity contribution in [2.24, 2.45) is 0 Å². The van der Waals surface area contributed by atoms with Gasteiger partial charge in [0.05, 0.1) is 25.4 Å². The highest BCUT2D eigenvalue weighted by Gasteiger charge is 2.41. The van der Waals surface area contributed by atoms with E-state index in [4.69, 9.17) is 9.47 Å². The van der Waals surface area contributed by atoms with E-state index < -0.39 is 5.54 Å². The summed E-state index contributed by atoms with van der Waals surface area (Å²) in [5.74, 6) is 0.488. The highest BCUT2D eigenvalue weighted by Crippen LogP contribution is 2.32. The van der Waals surface area contributed by atoms with E-state index in [-0.39, 0.29) is 24.9 Å². The molecule has 0 radical (unpaired) electrons. The van der Waals surface area contributed by atoms with E-state index >= 15 is 0 Å². The van der Waals surface area contributed by atoms with Crippen LogP contribution in [0, 0.1) is 0 Å². The van der Waals surface area contributed by atoms with Crippen molar-refractivity contribution in [2.75, 3.05) is 19.5 Å². The molecule has 0 saturated heterocycles. The second-order valence-corrected chi connectivity index (χ2v) is 8.85. The fraction of sp³-hybridized carbons (Fsp3) is 0.286. The number of nitrogens with one attached hydrogen (secondary N) is 1. The lowest BCUT2D eigenvalue weighted by molar-refractivity contribution is -0.146. The normalized spacial score (nSPS) is 12.5. The van der Waals surface area contributed by atoms with Gasteiger partial charge in [-0.05, 0) is 43.2 Å². The summed E-state index contributed by atoms with van der Waals surface area (Å²) in [4.78, 5) is 29.3. The smallest absolute Gasteiger partial charge is 0.250 e. The first-order valence-corrected chi connectivity index (χ1v) is 12.1. The Hall–Kier alpha value is -4.40. The van der Waals surface area contributed by atoms with Crippen molar-refractivity contribution in [3.05, 3.63) is 78.4 Å². The fourth-order valence-electron chi connectivity index (χ4n) is 4.18. The highest BCUT2D eigenvalue weighted by atomic mass is 16.5. The Labute approximate surface area is 216 Å². The van der Waals surface area contributed by atoms with Crippen LogP contribution in [0.25, 0.3) is 11.0 Å². The number of hydrogen-bond acceptors (Lipinski definition) is 6. The Kier molecular flexibility index (Phi) is 7.71. The molecular formula is C28H31N5O4. The Morgan fingerprint density at radius 3 is 2.43 bits per heavy atom. The van der Waals surface area contributed by atoms with Crippen LogP contribution in [0.15, 0.2) is 72.8 Å². The van der Waals surface area contributed by atoms with Gasteiger partial charge in [0.15, 0.2) is 0 Å². The quantitative estimate of drug-likeness (QED) is 0.348. The van der Waals surface area contributed by atoms with Crippen LogP contribution >= 0.6 is 0 Å². The summed E-state index contributed by atoms with van der Waals surface area (Å²) in [6.45, 7) is 3.87. The maximum absolute atomic E-state index is 13.8. The van der Waals surface area contributed by atoms with Gasteiger partial charge in [-0.2, -0.15) is 0 Å². The molecule has 0 spiro atoms. The van der Waals surface area contributed by atoms with E-state index in [1.807, 2.05) is 61.5 Å². The molecule has 1 aromatic heterocycles. The molecule has 1 unspecified atom stereocenters. The third kappa shape index (κ3) is 5.40. The predicted molar refractivity (Wildman–Crippen MR) is 141 cm³/mol. The minimum absolute atomic E-state index is 0.0535. The zero-order chi connectivity index (χ0) is 26.4. The lowest BCUT2D eigenvalue weighted by Crippen LogP contribution is -2.57. The molecule has 192 valence electrons. The lowest BCUT2D eigenvalue weighted by Gasteiger charge is -2.39. The maximum Gasteiger partial charge on any atom is 0.250 e. The third-order valence-corrected chi connectivity index (χ3v) is 6.62. The number of ether oxygens (including phenoxy) is 2. The zero-order valence-electron chi connectivity index (χ0n) is 21.5. The second kappa shape index (κ2) is 11.1. The van der Waals surface area contributed by atoms with Crippen LogP contribution in [-0.2, 0) is 22.7 Å². The van der Waals surface area contributed by atoms with Crippen molar-refractivity contribution in [3.8, 4) is 11.5 Å². The molecule has 0 bridgehead atoms. The average Bonchev–Trinajstić information content (AvgIpc) is 3.34. The Morgan fingerprint density at radius 2 is 1.73 bits per heavy atom. The van der Waals surface area contributed by atoms with Crippen molar-refractivity contribution in [2.45, 2.75) is 38.9 Å². The summed E-state index contributed by atoms with van der Waals surface area (Å²) in [6.07, 6.45) is 0.383. The van der Waals surface area contributed by atoms with Crippen LogP contribution < -0.4 is 14.8 Å². The number of hydrogen-bond donors (Lipinski definition) is 1. The number of benzene rings is 3. The van der Waals surface area contributed by atoms with Crippen molar-refractivity contribution >= 4 is 28.5 Å². The number of amides is 2. The summed E-state index contributed by atoms with van der Waals surface area (Å²) in [7, 11) is 3.09. The molecular weight excluding hydrogens is 470 g/mol. The van der Waals surface area contributed by atoms with E-state index in [1.165, 1.54) is 7.11 Å². The van der Waals surface area contributed by atoms with Gasteiger partial charge in [0.25, 0.3) is 0 Å². The topological polar surface area (TPSA) is 98.6 Å². The number of methoxy groups -OCH3 is 2. The van der Waals surface area contributed by atoms with Gasteiger partial charge >= 0.3 is 0 Å². The monoisotopic (exact) mass is 501 g/mol. The van der Waals surface area contributed by atoms with Gasteiger partial charge in [0.2, 0.25) is 11.8 Å². The van der Waals surface area contributed by atoms with Gasteiger partial charge in [-0.1, -0.05) is 54.6 Å². The molecule has 4 aromatic rings. The Bertz CT molecular complexity index is 1390. The maximum atomic E-state index is 13.8. The zero-order valence-corrected chi connectivity index (χ0v) is 21.5. The summed E-state index contributed by atoms with van der Waals surface area (Å²) in [6, 6.07) is 22.2. The van der Waals surface area contributed by atoms with Crippen LogP contribution in [0.5, 0.6) is 11.5 Å². The standard InChI is InChI=1S/C28H31N5O4/c1-5-28(2,27(35)29-23-16-15-21(36-3)17-25(23)37-4)32(18-20-11-7-6-8-12-20)26(34)19-33-24-14-10-9-13-22(24)30-31-33/h6-17H,5,18-19H2,1-4H3,(H,29,35). The number of carbonyl (C=O) groups excluding carboxylic acids is 2. The molecule has 1 heterocycles. The van der Waals surface area contributed by atoms with Gasteiger partial charge in [0.1, 0.15) is 29.1 Å². The van der Waals surface area contributed by atoms with Crippen molar-refractivity contribution in [1.29, 1.82) is 0 Å². The van der Waals surface area contributed by atoms with Crippen LogP contribution in [0.3, 0.4) is 0 Å². The van der Waals surface area contributed by atoms with Gasteiger partial charge < -0.3 is 19.7 Å². The predicted octanol–water partition coefficient (Wildman–Crippen LogP) is 4.28. The first-order chi connectivity index (χ1) is 17.9. The second-order valence-electron chi connectivity index (χ2n) is 8.85. The summed E-state index contributed by atoms with van der Waals surface area (Å²) >= 11 is 0. The van der Waals surface area contributed by atoms with Crippen molar-refractivity contribution < 1.29 is 19.1 Å². The van der Waals surface area contributed by atoms with Crippen molar-refractivity contribution in [3.63, 3.8) is 0 Å². The summed E-state index contributed by atoms with van der Waals surface area (Å²) in [5.41, 5.74) is 1.68.